The predicted octanol–water partition coefficient (Wildman–Crippen LogP) is 1.45. The molecular formula is C10H20NO+. The summed E-state index contributed by atoms with van der Waals surface area (Å²) in [4.78, 5) is 10.7. The number of carbonyl (C=O) groups is 1. The lowest BCUT2D eigenvalue weighted by molar-refractivity contribution is -0.902. The van der Waals surface area contributed by atoms with E-state index < -0.39 is 0 Å². The Kier molecular flexibility index (Phi) is 2.57. The molecule has 2 heteroatoms. The van der Waals surface area contributed by atoms with Crippen LogP contribution in [0.1, 0.15) is 26.7 Å². The molecule has 0 radical (unpaired) electrons. The van der Waals surface area contributed by atoms with Crippen LogP contribution in [0.5, 0.6) is 0 Å². The Bertz CT molecular complexity index is 169. The van der Waals surface area contributed by atoms with Crippen LogP contribution in [0.3, 0.4) is 0 Å². The molecule has 1 heterocycles. The minimum absolute atomic E-state index is 0.140. The van der Waals surface area contributed by atoms with Crippen LogP contribution in [0.25, 0.3) is 0 Å². The van der Waals surface area contributed by atoms with Crippen molar-refractivity contribution in [2.45, 2.75) is 26.7 Å². The molecule has 0 amide bonds. The van der Waals surface area contributed by atoms with Crippen LogP contribution >= 0.6 is 0 Å². The van der Waals surface area contributed by atoms with Crippen LogP contribution < -0.4 is 0 Å². The fourth-order valence-electron chi connectivity index (χ4n) is 2.28. The van der Waals surface area contributed by atoms with Crippen molar-refractivity contribution in [3.8, 4) is 0 Å². The molecule has 0 aromatic rings. The second-order valence-corrected chi connectivity index (χ2v) is 5.04. The van der Waals surface area contributed by atoms with Gasteiger partial charge in [0.1, 0.15) is 6.29 Å². The standard InChI is InChI=1S/C10H20NO/c1-10(2,9-12)8-11(3)6-4-5-7-11/h9H,4-8H2,1-3H3/q+1. The zero-order valence-corrected chi connectivity index (χ0v) is 8.47. The first kappa shape index (κ1) is 9.72. The Balaban J connectivity index is 2.54. The molecular weight excluding hydrogens is 150 g/mol. The number of likely N-dealkylation sites (tertiary alicyclic amines) is 1. The smallest absolute Gasteiger partial charge is 0.131 e. The molecule has 0 aromatic heterocycles. The van der Waals surface area contributed by atoms with E-state index in [2.05, 4.69) is 7.05 Å². The molecule has 0 N–H and O–H groups in total. The van der Waals surface area contributed by atoms with Crippen molar-refractivity contribution in [1.29, 1.82) is 0 Å². The quantitative estimate of drug-likeness (QED) is 0.463. The second kappa shape index (κ2) is 3.17. The number of quaternary nitrogens is 1. The van der Waals surface area contributed by atoms with E-state index in [9.17, 15) is 4.79 Å². The van der Waals surface area contributed by atoms with Crippen LogP contribution in [0.4, 0.5) is 0 Å². The molecule has 1 aliphatic heterocycles. The molecule has 12 heavy (non-hydrogen) atoms. The van der Waals surface area contributed by atoms with E-state index in [0.717, 1.165) is 17.3 Å². The van der Waals surface area contributed by atoms with Crippen LogP contribution in [-0.2, 0) is 4.79 Å². The predicted molar refractivity (Wildman–Crippen MR) is 49.9 cm³/mol. The molecule has 70 valence electrons. The summed E-state index contributed by atoms with van der Waals surface area (Å²) in [6.07, 6.45) is 3.74. The third-order valence-electron chi connectivity index (χ3n) is 2.75. The summed E-state index contributed by atoms with van der Waals surface area (Å²) < 4.78 is 1.09. The highest BCUT2D eigenvalue weighted by atomic mass is 16.1. The van der Waals surface area contributed by atoms with Gasteiger partial charge in [-0.25, -0.2) is 0 Å². The molecule has 0 aromatic carbocycles. The molecule has 1 rings (SSSR count). The monoisotopic (exact) mass is 170 g/mol. The first-order chi connectivity index (χ1) is 5.47. The number of carbonyl (C=O) groups excluding carboxylic acids is 1. The number of hydrogen-bond acceptors (Lipinski definition) is 1. The summed E-state index contributed by atoms with van der Waals surface area (Å²) in [5, 5.41) is 0. The maximum absolute atomic E-state index is 10.7. The Morgan fingerprint density at radius 1 is 1.33 bits per heavy atom. The highest BCUT2D eigenvalue weighted by molar-refractivity contribution is 5.57. The fourth-order valence-corrected chi connectivity index (χ4v) is 2.28. The van der Waals surface area contributed by atoms with E-state index in [1.54, 1.807) is 0 Å². The molecule has 0 bridgehead atoms. The number of nitrogens with zero attached hydrogens (tertiary/aromatic N) is 1. The zero-order valence-electron chi connectivity index (χ0n) is 8.47. The SMILES string of the molecule is CC(C)(C=O)C[N+]1(C)CCCC1. The normalized spacial score (nSPS) is 22.6. The van der Waals surface area contributed by atoms with Crippen molar-refractivity contribution < 1.29 is 9.28 Å². The summed E-state index contributed by atoms with van der Waals surface area (Å²) in [5.74, 6) is 0. The van der Waals surface area contributed by atoms with Gasteiger partial charge in [0.05, 0.1) is 32.1 Å². The molecule has 0 saturated carbocycles. The van der Waals surface area contributed by atoms with Gasteiger partial charge in [0.2, 0.25) is 0 Å². The van der Waals surface area contributed by atoms with Gasteiger partial charge in [-0.3, -0.25) is 0 Å². The van der Waals surface area contributed by atoms with Gasteiger partial charge in [-0.2, -0.15) is 0 Å². The van der Waals surface area contributed by atoms with Crippen LogP contribution in [0.15, 0.2) is 0 Å². The van der Waals surface area contributed by atoms with Crippen LogP contribution in [0, 0.1) is 5.41 Å². The van der Waals surface area contributed by atoms with Gasteiger partial charge < -0.3 is 9.28 Å². The van der Waals surface area contributed by atoms with Crippen LogP contribution in [-0.4, -0.2) is 37.5 Å². The van der Waals surface area contributed by atoms with Gasteiger partial charge in [0.25, 0.3) is 0 Å². The molecule has 2 nitrogen and oxygen atoms in total. The van der Waals surface area contributed by atoms with Gasteiger partial charge in [-0.05, 0) is 13.8 Å². The molecule has 1 aliphatic rings. The third kappa shape index (κ3) is 2.31. The Morgan fingerprint density at radius 2 is 1.83 bits per heavy atom. The van der Waals surface area contributed by atoms with Crippen LogP contribution in [0.2, 0.25) is 0 Å². The summed E-state index contributed by atoms with van der Waals surface area (Å²) in [5.41, 5.74) is -0.140. The summed E-state index contributed by atoms with van der Waals surface area (Å²) in [6.45, 7) is 7.55. The van der Waals surface area contributed by atoms with Gasteiger partial charge in [0.15, 0.2) is 0 Å². The molecule has 0 unspecified atom stereocenters. The molecule has 0 spiro atoms. The van der Waals surface area contributed by atoms with Gasteiger partial charge in [0, 0.05) is 12.8 Å². The maximum Gasteiger partial charge on any atom is 0.131 e. The van der Waals surface area contributed by atoms with E-state index in [0.29, 0.717) is 0 Å². The lowest BCUT2D eigenvalue weighted by Crippen LogP contribution is -2.47. The van der Waals surface area contributed by atoms with Crippen molar-refractivity contribution >= 4 is 6.29 Å². The van der Waals surface area contributed by atoms with E-state index in [-0.39, 0.29) is 5.41 Å². The average molecular weight is 170 g/mol. The lowest BCUT2D eigenvalue weighted by atomic mass is 9.94. The third-order valence-corrected chi connectivity index (χ3v) is 2.75. The molecule has 1 fully saturated rings. The van der Waals surface area contributed by atoms with Gasteiger partial charge in [-0.1, -0.05) is 0 Å². The van der Waals surface area contributed by atoms with Crippen molar-refractivity contribution in [3.05, 3.63) is 0 Å². The molecule has 0 atom stereocenters. The molecule has 0 aliphatic carbocycles. The summed E-state index contributed by atoms with van der Waals surface area (Å²) in [7, 11) is 2.26. The van der Waals surface area contributed by atoms with Crippen molar-refractivity contribution in [2.75, 3.05) is 26.7 Å². The number of aldehydes is 1. The van der Waals surface area contributed by atoms with Gasteiger partial charge in [-0.15, -0.1) is 0 Å². The Hall–Kier alpha value is -0.370. The van der Waals surface area contributed by atoms with E-state index in [1.807, 2.05) is 13.8 Å². The summed E-state index contributed by atoms with van der Waals surface area (Å²) in [6, 6.07) is 0. The minimum atomic E-state index is -0.140. The minimum Gasteiger partial charge on any atom is -0.325 e. The number of hydrogen-bond donors (Lipinski definition) is 0. The number of rotatable bonds is 3. The van der Waals surface area contributed by atoms with Crippen molar-refractivity contribution in [3.63, 3.8) is 0 Å². The van der Waals surface area contributed by atoms with E-state index in [4.69, 9.17) is 0 Å². The zero-order chi connectivity index (χ0) is 9.24. The van der Waals surface area contributed by atoms with E-state index in [1.165, 1.54) is 25.9 Å². The molecule has 1 saturated heterocycles. The summed E-state index contributed by atoms with van der Waals surface area (Å²) >= 11 is 0. The first-order valence-electron chi connectivity index (χ1n) is 4.77. The maximum atomic E-state index is 10.7. The first-order valence-corrected chi connectivity index (χ1v) is 4.77. The topological polar surface area (TPSA) is 17.1 Å². The Labute approximate surface area is 75.1 Å². The average Bonchev–Trinajstić information content (AvgIpc) is 2.35. The lowest BCUT2D eigenvalue weighted by Gasteiger charge is -2.34. The van der Waals surface area contributed by atoms with E-state index >= 15 is 0 Å². The fraction of sp³-hybridized carbons (Fsp3) is 0.900. The second-order valence-electron chi connectivity index (χ2n) is 5.04. The largest absolute Gasteiger partial charge is 0.325 e. The van der Waals surface area contributed by atoms with Crippen molar-refractivity contribution in [1.82, 2.24) is 0 Å². The van der Waals surface area contributed by atoms with Gasteiger partial charge >= 0.3 is 0 Å². The Morgan fingerprint density at radius 3 is 2.25 bits per heavy atom. The highest BCUT2D eigenvalue weighted by Crippen LogP contribution is 2.23. The highest BCUT2D eigenvalue weighted by Gasteiger charge is 2.33. The van der Waals surface area contributed by atoms with Crippen molar-refractivity contribution in [2.24, 2.45) is 5.41 Å².